The van der Waals surface area contributed by atoms with E-state index in [2.05, 4.69) is 41.9 Å². The van der Waals surface area contributed by atoms with Crippen molar-refractivity contribution < 1.29 is 23.7 Å². The summed E-state index contributed by atoms with van der Waals surface area (Å²) in [6, 6.07) is 12.0. The van der Waals surface area contributed by atoms with Crippen molar-refractivity contribution >= 4 is 44.3 Å². The smallest absolute Gasteiger partial charge is 0.341 e. The molecule has 0 saturated carbocycles. The third-order valence-corrected chi connectivity index (χ3v) is 10.3. The van der Waals surface area contributed by atoms with Crippen molar-refractivity contribution in [2.24, 2.45) is 5.41 Å². The first-order valence-electron chi connectivity index (χ1n) is 12.2. The van der Waals surface area contributed by atoms with E-state index in [1.165, 1.54) is 11.8 Å². The summed E-state index contributed by atoms with van der Waals surface area (Å²) in [5.74, 6) is -0.344. The van der Waals surface area contributed by atoms with Crippen LogP contribution in [0.5, 0.6) is 5.75 Å². The lowest BCUT2D eigenvalue weighted by molar-refractivity contribution is -0.139. The molecule has 2 aromatic rings. The Bertz CT molecular complexity index is 1000. The normalized spacial score (nSPS) is 19.4. The molecule has 0 aromatic heterocycles. The second kappa shape index (κ2) is 12.4. The molecule has 1 atom stereocenters. The highest BCUT2D eigenvalue weighted by Gasteiger charge is 2.43. The molecule has 5 nitrogen and oxygen atoms in total. The fraction of sp³-hybridized carbons (Fsp3) is 0.519. The van der Waals surface area contributed by atoms with E-state index in [0.717, 1.165) is 65.4 Å². The van der Waals surface area contributed by atoms with E-state index >= 15 is 0 Å². The summed E-state index contributed by atoms with van der Waals surface area (Å²) in [6.07, 6.45) is 8.90. The highest BCUT2D eigenvalue weighted by Crippen LogP contribution is 2.63. The van der Waals surface area contributed by atoms with Crippen molar-refractivity contribution in [1.29, 1.82) is 0 Å². The van der Waals surface area contributed by atoms with Gasteiger partial charge in [0.25, 0.3) is 0 Å². The molecule has 3 rings (SSSR count). The molecule has 1 aliphatic heterocycles. The maximum Gasteiger partial charge on any atom is 0.341 e. The lowest BCUT2D eigenvalue weighted by Gasteiger charge is -2.42. The van der Waals surface area contributed by atoms with Crippen LogP contribution in [0.2, 0.25) is 0 Å². The van der Waals surface area contributed by atoms with Crippen LogP contribution in [-0.2, 0) is 4.79 Å². The zero-order chi connectivity index (χ0) is 25.6. The Kier molecular flexibility index (Phi) is 10.0. The van der Waals surface area contributed by atoms with Crippen LogP contribution in [0.1, 0.15) is 75.8 Å². The average Bonchev–Trinajstić information content (AvgIpc) is 2.92. The molecule has 8 heteroatoms. The molecule has 0 aliphatic carbocycles. The average molecular weight is 586 g/mol. The molecular weight excluding hydrogens is 548 g/mol. The first-order valence-corrected chi connectivity index (χ1v) is 16.0. The van der Waals surface area contributed by atoms with Gasteiger partial charge in [0.1, 0.15) is 5.75 Å². The molecule has 0 spiro atoms. The van der Waals surface area contributed by atoms with Gasteiger partial charge < -0.3 is 9.84 Å². The summed E-state index contributed by atoms with van der Waals surface area (Å²) in [7, 11) is -3.13. The SMILES string of the molecule is CCCCC1(CCCC)CC(c2ccc(Br)cc2)c2cc(SC)c(OCC(=O)O)cc2S(O)(O)C1. The van der Waals surface area contributed by atoms with Gasteiger partial charge in [-0.2, -0.15) is 10.6 Å². The summed E-state index contributed by atoms with van der Waals surface area (Å²) >= 11 is 5.02. The lowest BCUT2D eigenvalue weighted by Crippen LogP contribution is -2.29. The van der Waals surface area contributed by atoms with Crippen LogP contribution in [0, 0.1) is 5.41 Å². The van der Waals surface area contributed by atoms with Crippen LogP contribution >= 0.6 is 38.3 Å². The lowest BCUT2D eigenvalue weighted by atomic mass is 9.70. The van der Waals surface area contributed by atoms with Crippen LogP contribution < -0.4 is 4.74 Å². The summed E-state index contributed by atoms with van der Waals surface area (Å²) < 4.78 is 29.9. The quantitative estimate of drug-likeness (QED) is 0.229. The largest absolute Gasteiger partial charge is 0.481 e. The Labute approximate surface area is 223 Å². The third kappa shape index (κ3) is 6.98. The van der Waals surface area contributed by atoms with Crippen LogP contribution in [0.3, 0.4) is 0 Å². The van der Waals surface area contributed by atoms with E-state index in [1.54, 1.807) is 6.07 Å². The van der Waals surface area contributed by atoms with Gasteiger partial charge in [0, 0.05) is 27.1 Å². The maximum absolute atomic E-state index is 11.7. The van der Waals surface area contributed by atoms with Gasteiger partial charge in [-0.3, -0.25) is 9.11 Å². The number of thioether (sulfide) groups is 1. The number of ether oxygens (including phenoxy) is 1. The van der Waals surface area contributed by atoms with Gasteiger partial charge in [0.2, 0.25) is 0 Å². The zero-order valence-electron chi connectivity index (χ0n) is 20.8. The number of carboxylic acid groups (broad SMARTS) is 1. The number of benzene rings is 2. The van der Waals surface area contributed by atoms with Crippen molar-refractivity contribution in [2.75, 3.05) is 18.6 Å². The number of rotatable bonds is 11. The Morgan fingerprint density at radius 2 is 1.77 bits per heavy atom. The molecule has 0 radical (unpaired) electrons. The van der Waals surface area contributed by atoms with E-state index in [0.29, 0.717) is 16.4 Å². The number of hydrogen-bond donors (Lipinski definition) is 3. The van der Waals surface area contributed by atoms with E-state index in [4.69, 9.17) is 9.84 Å². The van der Waals surface area contributed by atoms with Gasteiger partial charge in [-0.05, 0) is 60.3 Å². The molecule has 0 bridgehead atoms. The topological polar surface area (TPSA) is 87.0 Å². The molecule has 0 saturated heterocycles. The van der Waals surface area contributed by atoms with Gasteiger partial charge in [0.15, 0.2) is 6.61 Å². The minimum atomic E-state index is -3.13. The molecular formula is C27H37BrO5S2. The Balaban J connectivity index is 2.22. The standard InChI is InChI=1S/C27H37BrO5S2/c1-4-6-12-27(13-7-5-2)16-22(19-8-10-20(28)11-9-19)21-14-24(34-3)23(33-17-26(29)30)15-25(21)35(31,32)18-27/h8-11,14-15,22,31-32H,4-7,12-13,16-18H2,1-3H3,(H,29,30). The monoisotopic (exact) mass is 584 g/mol. The molecule has 1 heterocycles. The number of hydrogen-bond acceptors (Lipinski definition) is 5. The minimum absolute atomic E-state index is 0.0000824. The summed E-state index contributed by atoms with van der Waals surface area (Å²) in [6.45, 7) is 3.89. The first kappa shape index (κ1) is 28.4. The van der Waals surface area contributed by atoms with Crippen molar-refractivity contribution in [3.8, 4) is 5.75 Å². The number of aliphatic carboxylic acids is 1. The van der Waals surface area contributed by atoms with E-state index in [-0.39, 0.29) is 11.3 Å². The van der Waals surface area contributed by atoms with Gasteiger partial charge in [0.05, 0.1) is 4.90 Å². The molecule has 1 aliphatic rings. The molecule has 0 fully saturated rings. The van der Waals surface area contributed by atoms with E-state index < -0.39 is 23.2 Å². The summed E-state index contributed by atoms with van der Waals surface area (Å²) in [4.78, 5) is 12.5. The predicted octanol–water partition coefficient (Wildman–Crippen LogP) is 8.65. The van der Waals surface area contributed by atoms with Crippen LogP contribution in [0.25, 0.3) is 0 Å². The Morgan fingerprint density at radius 3 is 2.31 bits per heavy atom. The second-order valence-electron chi connectivity index (χ2n) is 9.55. The number of carbonyl (C=O) groups is 1. The second-order valence-corrected chi connectivity index (χ2v) is 13.4. The molecule has 35 heavy (non-hydrogen) atoms. The molecule has 1 unspecified atom stereocenters. The van der Waals surface area contributed by atoms with Crippen molar-refractivity contribution in [2.45, 2.75) is 74.5 Å². The van der Waals surface area contributed by atoms with E-state index in [9.17, 15) is 13.9 Å². The Hall–Kier alpha value is -1.19. The number of halogens is 1. The highest BCUT2D eigenvalue weighted by molar-refractivity contribution is 9.10. The maximum atomic E-state index is 11.7. The van der Waals surface area contributed by atoms with Gasteiger partial charge in [-0.25, -0.2) is 4.79 Å². The molecule has 0 amide bonds. The molecule has 194 valence electrons. The number of fused-ring (bicyclic) bond motifs is 1. The fourth-order valence-electron chi connectivity index (χ4n) is 5.20. The highest BCUT2D eigenvalue weighted by atomic mass is 79.9. The summed E-state index contributed by atoms with van der Waals surface area (Å²) in [5, 5.41) is 9.14. The third-order valence-electron chi connectivity index (χ3n) is 6.91. The van der Waals surface area contributed by atoms with Crippen LogP contribution in [0.15, 0.2) is 50.7 Å². The number of carboxylic acids is 1. The predicted molar refractivity (Wildman–Crippen MR) is 149 cm³/mol. The van der Waals surface area contributed by atoms with E-state index in [1.807, 2.05) is 24.5 Å². The van der Waals surface area contributed by atoms with Gasteiger partial charge >= 0.3 is 5.97 Å². The van der Waals surface area contributed by atoms with Gasteiger partial charge in [-0.15, -0.1) is 11.8 Å². The van der Waals surface area contributed by atoms with Crippen molar-refractivity contribution in [1.82, 2.24) is 0 Å². The van der Waals surface area contributed by atoms with Gasteiger partial charge in [-0.1, -0.05) is 67.6 Å². The Morgan fingerprint density at radius 1 is 1.14 bits per heavy atom. The summed E-state index contributed by atoms with van der Waals surface area (Å²) in [5.41, 5.74) is 1.87. The van der Waals surface area contributed by atoms with Crippen LogP contribution in [0.4, 0.5) is 0 Å². The zero-order valence-corrected chi connectivity index (χ0v) is 24.0. The molecule has 3 N–H and O–H groups in total. The fourth-order valence-corrected chi connectivity index (χ4v) is 8.32. The minimum Gasteiger partial charge on any atom is -0.481 e. The first-order chi connectivity index (χ1) is 16.6. The molecule has 2 aromatic carbocycles. The van der Waals surface area contributed by atoms with Crippen molar-refractivity contribution in [3.05, 3.63) is 52.0 Å². The van der Waals surface area contributed by atoms with Crippen LogP contribution in [-0.4, -0.2) is 38.8 Å². The van der Waals surface area contributed by atoms with Crippen molar-refractivity contribution in [3.63, 3.8) is 0 Å². The number of unbranched alkanes of at least 4 members (excludes halogenated alkanes) is 2.